The molecule has 1 unspecified atom stereocenters. The van der Waals surface area contributed by atoms with E-state index in [-0.39, 0.29) is 12.1 Å². The van der Waals surface area contributed by atoms with Gasteiger partial charge in [0.2, 0.25) is 0 Å². The van der Waals surface area contributed by atoms with Crippen molar-refractivity contribution in [3.63, 3.8) is 0 Å². The summed E-state index contributed by atoms with van der Waals surface area (Å²) < 4.78 is 37.7. The monoisotopic (exact) mass is 356 g/mol. The Labute approximate surface area is 140 Å². The number of carbonyl (C=O) groups is 1. The van der Waals surface area contributed by atoms with Gasteiger partial charge in [-0.15, -0.1) is 11.3 Å². The van der Waals surface area contributed by atoms with Crippen LogP contribution < -0.4 is 15.5 Å². The lowest BCUT2D eigenvalue weighted by molar-refractivity contribution is -0.137. The number of aromatic nitrogens is 1. The number of urea groups is 1. The number of anilines is 2. The first kappa shape index (κ1) is 16.6. The van der Waals surface area contributed by atoms with Crippen molar-refractivity contribution < 1.29 is 18.0 Å². The molecule has 3 heterocycles. The van der Waals surface area contributed by atoms with E-state index in [1.165, 1.54) is 17.4 Å². The van der Waals surface area contributed by atoms with Gasteiger partial charge in [0.15, 0.2) is 0 Å². The Morgan fingerprint density at radius 1 is 1.33 bits per heavy atom. The van der Waals surface area contributed by atoms with Crippen LogP contribution >= 0.6 is 11.3 Å². The number of rotatable bonds is 3. The molecule has 1 aliphatic heterocycles. The zero-order valence-electron chi connectivity index (χ0n) is 12.5. The number of pyridine rings is 1. The third-order valence-electron chi connectivity index (χ3n) is 3.68. The average molecular weight is 356 g/mol. The first-order chi connectivity index (χ1) is 11.4. The van der Waals surface area contributed by atoms with Crippen molar-refractivity contribution in [2.45, 2.75) is 18.6 Å². The lowest BCUT2D eigenvalue weighted by atomic mass is 10.2. The predicted molar refractivity (Wildman–Crippen MR) is 86.3 cm³/mol. The van der Waals surface area contributed by atoms with Crippen molar-refractivity contribution in [1.29, 1.82) is 0 Å². The molecular weight excluding hydrogens is 341 g/mol. The molecule has 24 heavy (non-hydrogen) atoms. The largest absolute Gasteiger partial charge is 0.417 e. The number of nitrogens with zero attached hydrogens (tertiary/aromatic N) is 2. The van der Waals surface area contributed by atoms with E-state index in [0.29, 0.717) is 25.3 Å². The summed E-state index contributed by atoms with van der Waals surface area (Å²) in [6, 6.07) is 5.66. The van der Waals surface area contributed by atoms with Crippen LogP contribution in [-0.4, -0.2) is 30.1 Å². The van der Waals surface area contributed by atoms with Crippen molar-refractivity contribution in [2.24, 2.45) is 0 Å². The number of halogens is 3. The molecule has 0 bridgehead atoms. The summed E-state index contributed by atoms with van der Waals surface area (Å²) in [5, 5.41) is 8.22. The molecule has 1 fully saturated rings. The van der Waals surface area contributed by atoms with Gasteiger partial charge in [-0.3, -0.25) is 5.32 Å². The first-order valence-corrected chi connectivity index (χ1v) is 8.19. The molecule has 1 atom stereocenters. The predicted octanol–water partition coefficient (Wildman–Crippen LogP) is 3.56. The quantitative estimate of drug-likeness (QED) is 0.884. The highest BCUT2D eigenvalue weighted by Gasteiger charge is 2.31. The normalized spacial score (nSPS) is 17.8. The number of hydrogen-bond donors (Lipinski definition) is 2. The maximum absolute atomic E-state index is 12.6. The molecule has 2 aromatic rings. The number of amides is 2. The minimum absolute atomic E-state index is 0.0749. The Morgan fingerprint density at radius 3 is 2.79 bits per heavy atom. The molecule has 0 radical (unpaired) electrons. The van der Waals surface area contributed by atoms with Gasteiger partial charge in [-0.05, 0) is 36.1 Å². The van der Waals surface area contributed by atoms with Gasteiger partial charge in [0, 0.05) is 25.3 Å². The number of carbonyl (C=O) groups excluding carboxylic acids is 1. The fraction of sp³-hybridized carbons (Fsp3) is 0.333. The van der Waals surface area contributed by atoms with Gasteiger partial charge in [-0.25, -0.2) is 9.78 Å². The summed E-state index contributed by atoms with van der Waals surface area (Å²) in [5.74, 6) is 0.478. The van der Waals surface area contributed by atoms with E-state index >= 15 is 0 Å². The van der Waals surface area contributed by atoms with Crippen molar-refractivity contribution in [3.8, 4) is 0 Å². The second-order valence-corrected chi connectivity index (χ2v) is 6.36. The van der Waals surface area contributed by atoms with Gasteiger partial charge in [-0.2, -0.15) is 13.2 Å². The SMILES string of the molecule is O=C(Nc1cccs1)NC1CCN(c2ccc(C(F)(F)F)cn2)C1. The number of nitrogens with one attached hydrogen (secondary N) is 2. The van der Waals surface area contributed by atoms with Crippen molar-refractivity contribution in [2.75, 3.05) is 23.3 Å². The Kier molecular flexibility index (Phi) is 4.61. The van der Waals surface area contributed by atoms with Gasteiger partial charge >= 0.3 is 12.2 Å². The Hall–Kier alpha value is -2.29. The topological polar surface area (TPSA) is 57.3 Å². The minimum atomic E-state index is -4.39. The van der Waals surface area contributed by atoms with Crippen LogP contribution in [0.3, 0.4) is 0 Å². The molecule has 2 aromatic heterocycles. The summed E-state index contributed by atoms with van der Waals surface area (Å²) in [4.78, 5) is 17.6. The summed E-state index contributed by atoms with van der Waals surface area (Å²) in [7, 11) is 0. The van der Waals surface area contributed by atoms with Gasteiger partial charge < -0.3 is 10.2 Å². The van der Waals surface area contributed by atoms with Crippen molar-refractivity contribution in [3.05, 3.63) is 41.4 Å². The maximum atomic E-state index is 12.6. The van der Waals surface area contributed by atoms with E-state index in [1.807, 2.05) is 16.3 Å². The van der Waals surface area contributed by atoms with Gasteiger partial charge in [0.25, 0.3) is 0 Å². The molecule has 0 spiro atoms. The van der Waals surface area contributed by atoms with E-state index in [0.717, 1.165) is 17.3 Å². The van der Waals surface area contributed by atoms with Crippen molar-refractivity contribution in [1.82, 2.24) is 10.3 Å². The molecule has 3 rings (SSSR count). The molecular formula is C15H15F3N4OS. The lowest BCUT2D eigenvalue weighted by Crippen LogP contribution is -2.39. The number of hydrogen-bond acceptors (Lipinski definition) is 4. The van der Waals surface area contributed by atoms with E-state index in [4.69, 9.17) is 0 Å². The fourth-order valence-corrected chi connectivity index (χ4v) is 3.12. The molecule has 5 nitrogen and oxygen atoms in total. The van der Waals surface area contributed by atoms with Crippen LogP contribution in [0.2, 0.25) is 0 Å². The first-order valence-electron chi connectivity index (χ1n) is 7.31. The highest BCUT2D eigenvalue weighted by molar-refractivity contribution is 7.14. The van der Waals surface area contributed by atoms with Crippen LogP contribution in [0, 0.1) is 0 Å². The lowest BCUT2D eigenvalue weighted by Gasteiger charge is -2.18. The highest BCUT2D eigenvalue weighted by atomic mass is 32.1. The molecule has 0 aromatic carbocycles. The van der Waals surface area contributed by atoms with Crippen LogP contribution in [-0.2, 0) is 6.18 Å². The number of alkyl halides is 3. The second kappa shape index (κ2) is 6.68. The van der Waals surface area contributed by atoms with Crippen molar-refractivity contribution >= 4 is 28.2 Å². The third kappa shape index (κ3) is 3.97. The summed E-state index contributed by atoms with van der Waals surface area (Å²) in [6.07, 6.45) is -2.85. The van der Waals surface area contributed by atoms with Gasteiger partial charge in [0.05, 0.1) is 10.6 Å². The fourth-order valence-electron chi connectivity index (χ4n) is 2.51. The maximum Gasteiger partial charge on any atom is 0.417 e. The molecule has 128 valence electrons. The van der Waals surface area contributed by atoms with Crippen LogP contribution in [0.25, 0.3) is 0 Å². The standard InChI is InChI=1S/C15H15F3N4OS/c16-15(17,18)10-3-4-12(19-8-10)22-6-5-11(9-22)20-14(23)21-13-2-1-7-24-13/h1-4,7-8,11H,5-6,9H2,(H2,20,21,23). The van der Waals surface area contributed by atoms with Gasteiger partial charge in [0.1, 0.15) is 5.82 Å². The van der Waals surface area contributed by atoms with Crippen LogP contribution in [0.5, 0.6) is 0 Å². The van der Waals surface area contributed by atoms with E-state index in [2.05, 4.69) is 15.6 Å². The molecule has 2 amide bonds. The molecule has 0 saturated carbocycles. The molecule has 2 N–H and O–H groups in total. The van der Waals surface area contributed by atoms with E-state index in [9.17, 15) is 18.0 Å². The number of thiophene rings is 1. The summed E-state index contributed by atoms with van der Waals surface area (Å²) in [6.45, 7) is 1.14. The Bertz CT molecular complexity index is 688. The third-order valence-corrected chi connectivity index (χ3v) is 4.47. The van der Waals surface area contributed by atoms with E-state index < -0.39 is 11.7 Å². The smallest absolute Gasteiger partial charge is 0.354 e. The van der Waals surface area contributed by atoms with Crippen LogP contribution in [0.1, 0.15) is 12.0 Å². The average Bonchev–Trinajstić information content (AvgIpc) is 3.18. The minimum Gasteiger partial charge on any atom is -0.354 e. The van der Waals surface area contributed by atoms with Gasteiger partial charge in [-0.1, -0.05) is 0 Å². The summed E-state index contributed by atoms with van der Waals surface area (Å²) in [5.41, 5.74) is -0.768. The molecule has 1 saturated heterocycles. The Morgan fingerprint density at radius 2 is 2.17 bits per heavy atom. The second-order valence-electron chi connectivity index (χ2n) is 5.41. The van der Waals surface area contributed by atoms with Crippen LogP contribution in [0.4, 0.5) is 28.8 Å². The zero-order valence-corrected chi connectivity index (χ0v) is 13.3. The molecule has 0 aliphatic carbocycles. The molecule has 1 aliphatic rings. The Balaban J connectivity index is 1.54. The summed E-state index contributed by atoms with van der Waals surface area (Å²) >= 11 is 1.43. The highest BCUT2D eigenvalue weighted by Crippen LogP contribution is 2.29. The van der Waals surface area contributed by atoms with Crippen LogP contribution in [0.15, 0.2) is 35.8 Å². The molecule has 9 heteroatoms. The zero-order chi connectivity index (χ0) is 17.2. The van der Waals surface area contributed by atoms with E-state index in [1.54, 1.807) is 6.07 Å².